The van der Waals surface area contributed by atoms with Crippen molar-refractivity contribution in [3.63, 3.8) is 0 Å². The van der Waals surface area contributed by atoms with Crippen LogP contribution in [0.15, 0.2) is 18.3 Å². The quantitative estimate of drug-likeness (QED) is 0.719. The average Bonchev–Trinajstić information content (AvgIpc) is 2.65. The molecule has 2 atom stereocenters. The number of anilines is 1. The fraction of sp³-hybridized carbons (Fsp3) is 0.733. The standard InChI is InChI=1S/C15H25N5O4S/c1-23-12-13-11-19(15-3-2-5-16-17-15)6-4-14(13)18-25(21,22)20-7-9-24-10-8-20/h2-3,5,13-14,18H,4,6-12H2,1H3/t13-,14-/m0/s1. The molecule has 0 amide bonds. The molecular formula is C15H25N5O4S. The molecule has 0 unspecified atom stereocenters. The van der Waals surface area contributed by atoms with Crippen LogP contribution in [0.2, 0.25) is 0 Å². The van der Waals surface area contributed by atoms with Crippen molar-refractivity contribution in [2.45, 2.75) is 12.5 Å². The normalized spacial score (nSPS) is 25.9. The van der Waals surface area contributed by atoms with Gasteiger partial charge in [0.05, 0.1) is 19.8 Å². The van der Waals surface area contributed by atoms with E-state index in [0.29, 0.717) is 45.9 Å². The van der Waals surface area contributed by atoms with Gasteiger partial charge in [0, 0.05) is 51.4 Å². The summed E-state index contributed by atoms with van der Waals surface area (Å²) in [5.74, 6) is 0.842. The van der Waals surface area contributed by atoms with Crippen molar-refractivity contribution < 1.29 is 17.9 Å². The van der Waals surface area contributed by atoms with Gasteiger partial charge in [-0.25, -0.2) is 0 Å². The van der Waals surface area contributed by atoms with Crippen molar-refractivity contribution in [1.29, 1.82) is 0 Å². The third-order valence-electron chi connectivity index (χ3n) is 4.61. The molecule has 0 spiro atoms. The van der Waals surface area contributed by atoms with Crippen LogP contribution < -0.4 is 9.62 Å². The topological polar surface area (TPSA) is 96.9 Å². The van der Waals surface area contributed by atoms with Crippen LogP contribution in [0.4, 0.5) is 5.82 Å². The van der Waals surface area contributed by atoms with E-state index in [0.717, 1.165) is 12.4 Å². The first-order valence-corrected chi connectivity index (χ1v) is 9.91. The SMILES string of the molecule is COC[C@@H]1CN(c2cccnn2)CC[C@@H]1NS(=O)(=O)N1CCOCC1. The predicted octanol–water partition coefficient (Wildman–Crippen LogP) is -0.515. The molecule has 0 saturated carbocycles. The van der Waals surface area contributed by atoms with Gasteiger partial charge in [-0.15, -0.1) is 5.10 Å². The number of piperidine rings is 1. The lowest BCUT2D eigenvalue weighted by Gasteiger charge is -2.39. The van der Waals surface area contributed by atoms with Crippen LogP contribution in [0, 0.1) is 5.92 Å². The Hall–Kier alpha value is -1.33. The van der Waals surface area contributed by atoms with Crippen LogP contribution in [0.1, 0.15) is 6.42 Å². The molecule has 0 radical (unpaired) electrons. The molecule has 9 nitrogen and oxygen atoms in total. The van der Waals surface area contributed by atoms with Gasteiger partial charge in [0.1, 0.15) is 0 Å². The second-order valence-electron chi connectivity index (χ2n) is 6.27. The van der Waals surface area contributed by atoms with Gasteiger partial charge >= 0.3 is 0 Å². The maximum Gasteiger partial charge on any atom is 0.279 e. The Labute approximate surface area is 148 Å². The second-order valence-corrected chi connectivity index (χ2v) is 7.98. The molecule has 2 saturated heterocycles. The summed E-state index contributed by atoms with van der Waals surface area (Å²) in [6.07, 6.45) is 2.33. The number of ether oxygens (including phenoxy) is 2. The zero-order valence-electron chi connectivity index (χ0n) is 14.4. The van der Waals surface area contributed by atoms with E-state index in [1.54, 1.807) is 13.3 Å². The molecule has 140 valence electrons. The summed E-state index contributed by atoms with van der Waals surface area (Å²) in [7, 11) is -1.88. The summed E-state index contributed by atoms with van der Waals surface area (Å²) in [6.45, 7) is 3.53. The maximum absolute atomic E-state index is 12.6. The van der Waals surface area contributed by atoms with Gasteiger partial charge in [0.25, 0.3) is 10.2 Å². The summed E-state index contributed by atoms with van der Waals surface area (Å²) in [4.78, 5) is 2.12. The summed E-state index contributed by atoms with van der Waals surface area (Å²) in [5.41, 5.74) is 0. The number of rotatable bonds is 6. The predicted molar refractivity (Wildman–Crippen MR) is 92.5 cm³/mol. The van der Waals surface area contributed by atoms with Crippen LogP contribution in [0.5, 0.6) is 0 Å². The molecule has 1 aromatic rings. The Morgan fingerprint density at radius 3 is 2.84 bits per heavy atom. The number of nitrogens with zero attached hydrogens (tertiary/aromatic N) is 4. The van der Waals surface area contributed by atoms with Crippen molar-refractivity contribution >= 4 is 16.0 Å². The first-order chi connectivity index (χ1) is 12.1. The summed E-state index contributed by atoms with van der Waals surface area (Å²) >= 11 is 0. The van der Waals surface area contributed by atoms with E-state index in [1.807, 2.05) is 12.1 Å². The van der Waals surface area contributed by atoms with Crippen molar-refractivity contribution in [3.8, 4) is 0 Å². The highest BCUT2D eigenvalue weighted by Gasteiger charge is 2.35. The molecule has 2 aliphatic rings. The molecule has 2 fully saturated rings. The minimum Gasteiger partial charge on any atom is -0.384 e. The molecule has 10 heteroatoms. The number of aromatic nitrogens is 2. The Morgan fingerprint density at radius 1 is 1.36 bits per heavy atom. The second kappa shape index (κ2) is 8.37. The number of hydrogen-bond donors (Lipinski definition) is 1. The van der Waals surface area contributed by atoms with Gasteiger partial charge in [-0.3, -0.25) is 0 Å². The smallest absolute Gasteiger partial charge is 0.279 e. The zero-order chi connectivity index (χ0) is 17.7. The summed E-state index contributed by atoms with van der Waals surface area (Å²) in [6, 6.07) is 3.59. The van der Waals surface area contributed by atoms with E-state index in [-0.39, 0.29) is 12.0 Å². The number of nitrogens with one attached hydrogen (secondary N) is 1. The lowest BCUT2D eigenvalue weighted by atomic mass is 9.93. The highest BCUT2D eigenvalue weighted by atomic mass is 32.2. The van der Waals surface area contributed by atoms with E-state index < -0.39 is 10.2 Å². The molecule has 25 heavy (non-hydrogen) atoms. The van der Waals surface area contributed by atoms with Crippen molar-refractivity contribution in [2.24, 2.45) is 5.92 Å². The van der Waals surface area contributed by atoms with E-state index in [4.69, 9.17) is 9.47 Å². The molecule has 3 heterocycles. The third kappa shape index (κ3) is 4.64. The molecule has 1 N–H and O–H groups in total. The number of hydrogen-bond acceptors (Lipinski definition) is 7. The molecule has 0 bridgehead atoms. The Balaban J connectivity index is 1.67. The van der Waals surface area contributed by atoms with Crippen LogP contribution in [0.25, 0.3) is 0 Å². The van der Waals surface area contributed by atoms with Gasteiger partial charge in [0.15, 0.2) is 5.82 Å². The van der Waals surface area contributed by atoms with E-state index in [2.05, 4.69) is 19.8 Å². The molecule has 0 aliphatic carbocycles. The highest BCUT2D eigenvalue weighted by Crippen LogP contribution is 2.23. The Bertz CT molecular complexity index is 639. The summed E-state index contributed by atoms with van der Waals surface area (Å²) < 4.78 is 40.2. The zero-order valence-corrected chi connectivity index (χ0v) is 15.2. The number of methoxy groups -OCH3 is 1. The minimum atomic E-state index is -3.52. The first kappa shape index (κ1) is 18.5. The lowest BCUT2D eigenvalue weighted by Crippen LogP contribution is -2.56. The molecule has 0 aromatic carbocycles. The number of morpholine rings is 1. The molecular weight excluding hydrogens is 346 g/mol. The monoisotopic (exact) mass is 371 g/mol. The van der Waals surface area contributed by atoms with E-state index in [9.17, 15) is 8.42 Å². The fourth-order valence-electron chi connectivity index (χ4n) is 3.29. The Morgan fingerprint density at radius 2 is 2.16 bits per heavy atom. The molecule has 3 rings (SSSR count). The average molecular weight is 371 g/mol. The largest absolute Gasteiger partial charge is 0.384 e. The lowest BCUT2D eigenvalue weighted by molar-refractivity contribution is 0.0716. The Kier molecular flexibility index (Phi) is 6.18. The maximum atomic E-state index is 12.6. The van der Waals surface area contributed by atoms with Crippen LogP contribution >= 0.6 is 0 Å². The molecule has 1 aromatic heterocycles. The minimum absolute atomic E-state index is 0.0385. The highest BCUT2D eigenvalue weighted by molar-refractivity contribution is 7.87. The summed E-state index contributed by atoms with van der Waals surface area (Å²) in [5, 5.41) is 8.06. The van der Waals surface area contributed by atoms with E-state index in [1.165, 1.54) is 4.31 Å². The fourth-order valence-corrected chi connectivity index (χ4v) is 4.76. The van der Waals surface area contributed by atoms with Gasteiger partial charge < -0.3 is 14.4 Å². The van der Waals surface area contributed by atoms with Crippen molar-refractivity contribution in [3.05, 3.63) is 18.3 Å². The first-order valence-electron chi connectivity index (χ1n) is 8.47. The van der Waals surface area contributed by atoms with Crippen LogP contribution in [-0.2, 0) is 19.7 Å². The third-order valence-corrected chi connectivity index (χ3v) is 6.25. The van der Waals surface area contributed by atoms with Gasteiger partial charge in [-0.05, 0) is 18.6 Å². The van der Waals surface area contributed by atoms with Crippen molar-refractivity contribution in [2.75, 3.05) is 58.0 Å². The van der Waals surface area contributed by atoms with Gasteiger partial charge in [0.2, 0.25) is 0 Å². The van der Waals surface area contributed by atoms with Crippen LogP contribution in [-0.4, -0.2) is 82.1 Å². The van der Waals surface area contributed by atoms with E-state index >= 15 is 0 Å². The van der Waals surface area contributed by atoms with Crippen LogP contribution in [0.3, 0.4) is 0 Å². The van der Waals surface area contributed by atoms with Crippen molar-refractivity contribution in [1.82, 2.24) is 19.2 Å². The van der Waals surface area contributed by atoms with Gasteiger partial charge in [-0.2, -0.15) is 22.5 Å². The van der Waals surface area contributed by atoms with Gasteiger partial charge in [-0.1, -0.05) is 0 Å². The molecule has 2 aliphatic heterocycles.